The van der Waals surface area contributed by atoms with Gasteiger partial charge in [-0.3, -0.25) is 4.79 Å². The van der Waals surface area contributed by atoms with Crippen LogP contribution in [0.15, 0.2) is 24.3 Å². The first-order chi connectivity index (χ1) is 9.58. The molecule has 0 spiro atoms. The van der Waals surface area contributed by atoms with Gasteiger partial charge in [0.05, 0.1) is 31.4 Å². The van der Waals surface area contributed by atoms with Crippen LogP contribution in [0.3, 0.4) is 0 Å². The van der Waals surface area contributed by atoms with E-state index >= 15 is 0 Å². The predicted molar refractivity (Wildman–Crippen MR) is 77.7 cm³/mol. The number of benzene rings is 1. The van der Waals surface area contributed by atoms with E-state index in [1.54, 1.807) is 0 Å². The summed E-state index contributed by atoms with van der Waals surface area (Å²) in [4.78, 5) is 12.2. The smallest absolute Gasteiger partial charge is 0.231 e. The van der Waals surface area contributed by atoms with Gasteiger partial charge in [-0.25, -0.2) is 0 Å². The molecule has 1 fully saturated rings. The first kappa shape index (κ1) is 14.8. The summed E-state index contributed by atoms with van der Waals surface area (Å²) in [5.41, 5.74) is 6.53. The Balaban J connectivity index is 2.03. The number of nitrogens with two attached hydrogens (primary N) is 1. The van der Waals surface area contributed by atoms with Crippen LogP contribution in [-0.2, 0) is 9.53 Å². The second-order valence-electron chi connectivity index (χ2n) is 5.50. The number of nitrogens with one attached hydrogen (secondary N) is 1. The Labute approximate surface area is 119 Å². The summed E-state index contributed by atoms with van der Waals surface area (Å²) in [6.07, 6.45) is 0. The minimum absolute atomic E-state index is 0.115. The fourth-order valence-corrected chi connectivity index (χ4v) is 2.02. The summed E-state index contributed by atoms with van der Waals surface area (Å²) >= 11 is 0. The Morgan fingerprint density at radius 1 is 1.45 bits per heavy atom. The lowest BCUT2D eigenvalue weighted by Crippen LogP contribution is -2.37. The monoisotopic (exact) mass is 278 g/mol. The third kappa shape index (κ3) is 3.71. The normalized spacial score (nSPS) is 22.0. The van der Waals surface area contributed by atoms with Gasteiger partial charge in [0.25, 0.3) is 0 Å². The largest absolute Gasteiger partial charge is 0.491 e. The van der Waals surface area contributed by atoms with Crippen molar-refractivity contribution in [1.29, 1.82) is 0 Å². The molecule has 110 valence electrons. The number of hydrogen-bond acceptors (Lipinski definition) is 4. The molecule has 1 aliphatic heterocycles. The van der Waals surface area contributed by atoms with E-state index in [0.29, 0.717) is 37.2 Å². The van der Waals surface area contributed by atoms with E-state index in [1.165, 1.54) is 0 Å². The van der Waals surface area contributed by atoms with Crippen molar-refractivity contribution in [3.63, 3.8) is 0 Å². The summed E-state index contributed by atoms with van der Waals surface area (Å²) in [6.45, 7) is 5.58. The molecule has 2 unspecified atom stereocenters. The van der Waals surface area contributed by atoms with Crippen LogP contribution in [0.2, 0.25) is 0 Å². The van der Waals surface area contributed by atoms with Crippen LogP contribution in [0, 0.1) is 11.8 Å². The van der Waals surface area contributed by atoms with Gasteiger partial charge >= 0.3 is 0 Å². The van der Waals surface area contributed by atoms with Crippen molar-refractivity contribution in [2.45, 2.75) is 19.9 Å². The molecule has 0 bridgehead atoms. The standard InChI is InChI=1S/C15H22N2O3/c1-10(2)7-20-14-6-4-3-5-13(14)17-15(18)11-8-19-9-12(11)16/h3-6,10-12H,7-9,16H2,1-2H3,(H,17,18). The Morgan fingerprint density at radius 2 is 2.20 bits per heavy atom. The number of rotatable bonds is 5. The highest BCUT2D eigenvalue weighted by atomic mass is 16.5. The molecule has 5 nitrogen and oxygen atoms in total. The minimum atomic E-state index is -0.298. The van der Waals surface area contributed by atoms with Gasteiger partial charge in [-0.1, -0.05) is 26.0 Å². The van der Waals surface area contributed by atoms with Crippen molar-refractivity contribution < 1.29 is 14.3 Å². The van der Waals surface area contributed by atoms with Gasteiger partial charge < -0.3 is 20.5 Å². The van der Waals surface area contributed by atoms with E-state index in [9.17, 15) is 4.79 Å². The highest BCUT2D eigenvalue weighted by molar-refractivity contribution is 5.94. The van der Waals surface area contributed by atoms with Crippen molar-refractivity contribution in [3.05, 3.63) is 24.3 Å². The molecule has 2 atom stereocenters. The van der Waals surface area contributed by atoms with Gasteiger partial charge in [-0.2, -0.15) is 0 Å². The third-order valence-electron chi connectivity index (χ3n) is 3.18. The Kier molecular flexibility index (Phi) is 4.98. The summed E-state index contributed by atoms with van der Waals surface area (Å²) in [6, 6.07) is 7.19. The van der Waals surface area contributed by atoms with E-state index in [0.717, 1.165) is 0 Å². The van der Waals surface area contributed by atoms with Gasteiger partial charge in [-0.15, -0.1) is 0 Å². The van der Waals surface area contributed by atoms with Crippen LogP contribution in [0.4, 0.5) is 5.69 Å². The molecule has 0 aliphatic carbocycles. The lowest BCUT2D eigenvalue weighted by Gasteiger charge is -2.16. The molecule has 2 rings (SSSR count). The average Bonchev–Trinajstić information content (AvgIpc) is 2.84. The topological polar surface area (TPSA) is 73.6 Å². The van der Waals surface area contributed by atoms with E-state index in [1.807, 2.05) is 24.3 Å². The second kappa shape index (κ2) is 6.72. The zero-order chi connectivity index (χ0) is 14.5. The van der Waals surface area contributed by atoms with Crippen LogP contribution in [0.5, 0.6) is 5.75 Å². The molecule has 1 aromatic rings. The summed E-state index contributed by atoms with van der Waals surface area (Å²) in [5.74, 6) is 0.696. The summed E-state index contributed by atoms with van der Waals surface area (Å²) < 4.78 is 10.9. The minimum Gasteiger partial charge on any atom is -0.491 e. The van der Waals surface area contributed by atoms with Crippen LogP contribution < -0.4 is 15.8 Å². The molecule has 3 N–H and O–H groups in total. The van der Waals surface area contributed by atoms with Crippen molar-refractivity contribution in [2.75, 3.05) is 25.1 Å². The van der Waals surface area contributed by atoms with Crippen molar-refractivity contribution in [3.8, 4) is 5.75 Å². The number of hydrogen-bond donors (Lipinski definition) is 2. The Hall–Kier alpha value is -1.59. The zero-order valence-corrected chi connectivity index (χ0v) is 12.0. The molecule has 0 saturated carbocycles. The fourth-order valence-electron chi connectivity index (χ4n) is 2.02. The first-order valence-corrected chi connectivity index (χ1v) is 6.94. The maximum absolute atomic E-state index is 12.2. The maximum atomic E-state index is 12.2. The lowest BCUT2D eigenvalue weighted by atomic mass is 10.0. The third-order valence-corrected chi connectivity index (χ3v) is 3.18. The van der Waals surface area contributed by atoms with Crippen molar-refractivity contribution in [2.24, 2.45) is 17.6 Å². The molecule has 1 amide bonds. The number of carbonyl (C=O) groups is 1. The molecule has 0 radical (unpaired) electrons. The lowest BCUT2D eigenvalue weighted by molar-refractivity contribution is -0.120. The molecular formula is C15H22N2O3. The number of anilines is 1. The molecule has 1 heterocycles. The maximum Gasteiger partial charge on any atom is 0.231 e. The Morgan fingerprint density at radius 3 is 2.85 bits per heavy atom. The van der Waals surface area contributed by atoms with E-state index in [4.69, 9.17) is 15.2 Å². The fraction of sp³-hybridized carbons (Fsp3) is 0.533. The number of amides is 1. The van der Waals surface area contributed by atoms with Gasteiger partial charge in [0.15, 0.2) is 0 Å². The van der Waals surface area contributed by atoms with Crippen LogP contribution >= 0.6 is 0 Å². The van der Waals surface area contributed by atoms with Crippen LogP contribution in [-0.4, -0.2) is 31.8 Å². The zero-order valence-electron chi connectivity index (χ0n) is 12.0. The van der Waals surface area contributed by atoms with Crippen molar-refractivity contribution >= 4 is 11.6 Å². The average molecular weight is 278 g/mol. The van der Waals surface area contributed by atoms with E-state index in [-0.39, 0.29) is 17.9 Å². The molecule has 5 heteroatoms. The molecular weight excluding hydrogens is 256 g/mol. The highest BCUT2D eigenvalue weighted by Crippen LogP contribution is 2.25. The van der Waals surface area contributed by atoms with Gasteiger partial charge in [0, 0.05) is 6.04 Å². The predicted octanol–water partition coefficient (Wildman–Crippen LogP) is 1.63. The first-order valence-electron chi connectivity index (χ1n) is 6.94. The number of para-hydroxylation sites is 2. The molecule has 20 heavy (non-hydrogen) atoms. The summed E-state index contributed by atoms with van der Waals surface area (Å²) in [7, 11) is 0. The van der Waals surface area contributed by atoms with Crippen LogP contribution in [0.25, 0.3) is 0 Å². The van der Waals surface area contributed by atoms with Crippen LogP contribution in [0.1, 0.15) is 13.8 Å². The number of carbonyl (C=O) groups excluding carboxylic acids is 1. The Bertz CT molecular complexity index is 462. The molecule has 1 aromatic carbocycles. The second-order valence-corrected chi connectivity index (χ2v) is 5.50. The molecule has 1 aliphatic rings. The SMILES string of the molecule is CC(C)COc1ccccc1NC(=O)C1COCC1N. The van der Waals surface area contributed by atoms with Gasteiger partial charge in [-0.05, 0) is 18.1 Å². The summed E-state index contributed by atoms with van der Waals surface area (Å²) in [5, 5.41) is 2.88. The van der Waals surface area contributed by atoms with Gasteiger partial charge in [0.2, 0.25) is 5.91 Å². The van der Waals surface area contributed by atoms with Gasteiger partial charge in [0.1, 0.15) is 5.75 Å². The number of ether oxygens (including phenoxy) is 2. The highest BCUT2D eigenvalue weighted by Gasteiger charge is 2.31. The molecule has 0 aromatic heterocycles. The van der Waals surface area contributed by atoms with E-state index in [2.05, 4.69) is 19.2 Å². The molecule has 1 saturated heterocycles. The quantitative estimate of drug-likeness (QED) is 0.858. The van der Waals surface area contributed by atoms with Crippen molar-refractivity contribution in [1.82, 2.24) is 0 Å². The van der Waals surface area contributed by atoms with E-state index < -0.39 is 0 Å².